The third-order valence-corrected chi connectivity index (χ3v) is 5.89. The number of aromatic nitrogens is 1. The Morgan fingerprint density at radius 3 is 2.52 bits per heavy atom. The molecule has 1 heterocycles. The summed E-state index contributed by atoms with van der Waals surface area (Å²) in [4.78, 5) is 3.01. The molecule has 0 radical (unpaired) electrons. The first-order valence-corrected chi connectivity index (χ1v) is 9.10. The second kappa shape index (κ2) is 5.99. The van der Waals surface area contributed by atoms with E-state index in [0.29, 0.717) is 16.7 Å². The summed E-state index contributed by atoms with van der Waals surface area (Å²) in [6, 6.07) is 11.4. The maximum Gasteiger partial charge on any atom is 0.209 e. The summed E-state index contributed by atoms with van der Waals surface area (Å²) in [7, 11) is -2.42. The first-order valence-electron chi connectivity index (χ1n) is 6.76. The van der Waals surface area contributed by atoms with Crippen molar-refractivity contribution in [3.05, 3.63) is 58.7 Å². The van der Waals surface area contributed by atoms with E-state index in [2.05, 4.69) is 20.9 Å². The Morgan fingerprint density at radius 1 is 1.17 bits per heavy atom. The van der Waals surface area contributed by atoms with E-state index in [-0.39, 0.29) is 4.90 Å². The smallest absolute Gasteiger partial charge is 0.209 e. The lowest BCUT2D eigenvalue weighted by atomic mass is 10.2. The molecule has 2 aromatic carbocycles. The highest BCUT2D eigenvalue weighted by molar-refractivity contribution is 9.10. The normalized spacial score (nSPS) is 13.2. The van der Waals surface area contributed by atoms with Crippen LogP contribution in [0.4, 0.5) is 0 Å². The lowest BCUT2D eigenvalue weighted by molar-refractivity contribution is 0.256. The van der Waals surface area contributed by atoms with E-state index in [1.54, 1.807) is 18.2 Å². The van der Waals surface area contributed by atoms with E-state index in [1.165, 1.54) is 25.4 Å². The van der Waals surface area contributed by atoms with Crippen molar-refractivity contribution in [1.29, 1.82) is 0 Å². The number of H-pyrrole nitrogens is 1. The van der Waals surface area contributed by atoms with Crippen LogP contribution in [0, 0.1) is 0 Å². The Hall–Kier alpha value is -1.83. The van der Waals surface area contributed by atoms with Gasteiger partial charge in [-0.05, 0) is 42.5 Å². The molecule has 1 atom stereocenters. The lowest BCUT2D eigenvalue weighted by Crippen LogP contribution is -2.13. The Kier molecular flexibility index (Phi) is 4.18. The molecule has 0 saturated carbocycles. The zero-order chi connectivity index (χ0) is 16.6. The third-order valence-electron chi connectivity index (χ3n) is 3.62. The molecule has 0 aliphatic carbocycles. The van der Waals surface area contributed by atoms with Crippen LogP contribution in [-0.4, -0.2) is 25.6 Å². The molecule has 2 N–H and O–H groups in total. The van der Waals surface area contributed by atoms with Crippen LogP contribution in [-0.2, 0) is 9.84 Å². The monoisotopic (exact) mass is 395 g/mol. The van der Waals surface area contributed by atoms with Crippen LogP contribution in [0.15, 0.2) is 58.0 Å². The maximum atomic E-state index is 12.6. The second-order valence-electron chi connectivity index (χ2n) is 5.01. The highest BCUT2D eigenvalue weighted by Crippen LogP contribution is 2.33. The van der Waals surface area contributed by atoms with Gasteiger partial charge < -0.3 is 14.8 Å². The van der Waals surface area contributed by atoms with Gasteiger partial charge in [0.05, 0.1) is 12.0 Å². The molecule has 0 aliphatic heterocycles. The molecule has 3 rings (SSSR count). The average molecular weight is 396 g/mol. The molecule has 5 nitrogen and oxygen atoms in total. The third kappa shape index (κ3) is 2.87. The van der Waals surface area contributed by atoms with Gasteiger partial charge in [-0.15, -0.1) is 0 Å². The summed E-state index contributed by atoms with van der Waals surface area (Å²) < 4.78 is 31.1. The fraction of sp³-hybridized carbons (Fsp3) is 0.125. The number of aromatic amines is 1. The SMILES string of the molecule is COc1ccc(S(=O)(=O)C(O)c2c[nH]c3ccc(Br)cc23)cc1. The standard InChI is InChI=1S/C16H14BrNO4S/c1-22-11-3-5-12(6-4-11)23(20,21)16(19)14-9-18-15-7-2-10(17)8-13(14)15/h2-9,16,18-19H,1H3. The fourth-order valence-electron chi connectivity index (χ4n) is 2.38. The molecule has 1 unspecified atom stereocenters. The van der Waals surface area contributed by atoms with Crippen LogP contribution in [0.2, 0.25) is 0 Å². The minimum Gasteiger partial charge on any atom is -0.497 e. The van der Waals surface area contributed by atoms with Crippen molar-refractivity contribution in [2.75, 3.05) is 7.11 Å². The van der Waals surface area contributed by atoms with Gasteiger partial charge in [0.15, 0.2) is 5.44 Å². The first-order chi connectivity index (χ1) is 10.9. The van der Waals surface area contributed by atoms with Gasteiger partial charge in [0.25, 0.3) is 0 Å². The largest absolute Gasteiger partial charge is 0.497 e. The number of aliphatic hydroxyl groups excluding tert-OH is 1. The molecule has 120 valence electrons. The van der Waals surface area contributed by atoms with Crippen LogP contribution in [0.1, 0.15) is 11.0 Å². The van der Waals surface area contributed by atoms with E-state index >= 15 is 0 Å². The van der Waals surface area contributed by atoms with Gasteiger partial charge in [0.1, 0.15) is 5.75 Å². The van der Waals surface area contributed by atoms with Crippen molar-refractivity contribution in [3.8, 4) is 5.75 Å². The van der Waals surface area contributed by atoms with E-state index in [0.717, 1.165) is 9.99 Å². The molecule has 0 spiro atoms. The molecule has 0 bridgehead atoms. The zero-order valence-corrected chi connectivity index (χ0v) is 14.6. The Morgan fingerprint density at radius 2 is 1.87 bits per heavy atom. The minimum absolute atomic E-state index is 0.0372. The molecule has 0 fully saturated rings. The van der Waals surface area contributed by atoms with Crippen molar-refractivity contribution in [1.82, 2.24) is 4.98 Å². The number of fused-ring (bicyclic) bond motifs is 1. The fourth-order valence-corrected chi connectivity index (χ4v) is 4.04. The number of sulfone groups is 1. The Labute approximate surface area is 142 Å². The van der Waals surface area contributed by atoms with Crippen LogP contribution < -0.4 is 4.74 Å². The summed E-state index contributed by atoms with van der Waals surface area (Å²) in [5.74, 6) is 0.550. The van der Waals surface area contributed by atoms with Gasteiger partial charge in [-0.1, -0.05) is 15.9 Å². The predicted octanol–water partition coefficient (Wildman–Crippen LogP) is 3.40. The molecule has 0 amide bonds. The number of methoxy groups -OCH3 is 1. The lowest BCUT2D eigenvalue weighted by Gasteiger charge is -2.12. The van der Waals surface area contributed by atoms with Crippen molar-refractivity contribution >= 4 is 36.7 Å². The zero-order valence-electron chi connectivity index (χ0n) is 12.2. The first kappa shape index (κ1) is 16.0. The molecular weight excluding hydrogens is 382 g/mol. The van der Waals surface area contributed by atoms with E-state index in [4.69, 9.17) is 4.74 Å². The number of halogens is 1. The number of hydrogen-bond donors (Lipinski definition) is 2. The molecular formula is C16H14BrNO4S. The van der Waals surface area contributed by atoms with Crippen LogP contribution >= 0.6 is 15.9 Å². The van der Waals surface area contributed by atoms with Crippen LogP contribution in [0.3, 0.4) is 0 Å². The Bertz CT molecular complexity index is 948. The van der Waals surface area contributed by atoms with Gasteiger partial charge in [0, 0.05) is 27.1 Å². The molecule has 1 aromatic heterocycles. The average Bonchev–Trinajstić information content (AvgIpc) is 2.97. The van der Waals surface area contributed by atoms with E-state index in [9.17, 15) is 13.5 Å². The maximum absolute atomic E-state index is 12.6. The summed E-state index contributed by atoms with van der Waals surface area (Å²) >= 11 is 3.35. The summed E-state index contributed by atoms with van der Waals surface area (Å²) in [6.45, 7) is 0. The predicted molar refractivity (Wildman–Crippen MR) is 91.1 cm³/mol. The number of aliphatic hydroxyl groups is 1. The van der Waals surface area contributed by atoms with Gasteiger partial charge in [-0.2, -0.15) is 0 Å². The molecule has 23 heavy (non-hydrogen) atoms. The van der Waals surface area contributed by atoms with Gasteiger partial charge >= 0.3 is 0 Å². The highest BCUT2D eigenvalue weighted by atomic mass is 79.9. The van der Waals surface area contributed by atoms with E-state index in [1.807, 2.05) is 12.1 Å². The Balaban J connectivity index is 2.05. The number of hydrogen-bond acceptors (Lipinski definition) is 4. The number of ether oxygens (including phenoxy) is 1. The highest BCUT2D eigenvalue weighted by Gasteiger charge is 2.29. The van der Waals surface area contributed by atoms with Gasteiger partial charge in [-0.25, -0.2) is 8.42 Å². The van der Waals surface area contributed by atoms with Crippen molar-refractivity contribution in [2.24, 2.45) is 0 Å². The van der Waals surface area contributed by atoms with Gasteiger partial charge in [-0.3, -0.25) is 0 Å². The number of benzene rings is 2. The minimum atomic E-state index is -3.93. The molecule has 0 saturated heterocycles. The van der Waals surface area contributed by atoms with E-state index < -0.39 is 15.3 Å². The quantitative estimate of drug-likeness (QED) is 0.709. The van der Waals surface area contributed by atoms with Crippen LogP contribution in [0.5, 0.6) is 5.75 Å². The van der Waals surface area contributed by atoms with Crippen molar-refractivity contribution in [2.45, 2.75) is 10.3 Å². The van der Waals surface area contributed by atoms with Gasteiger partial charge in [0.2, 0.25) is 9.84 Å². The second-order valence-corrected chi connectivity index (χ2v) is 7.93. The molecule has 0 aliphatic rings. The number of rotatable bonds is 4. The molecule has 7 heteroatoms. The number of nitrogens with one attached hydrogen (secondary N) is 1. The van der Waals surface area contributed by atoms with Crippen LogP contribution in [0.25, 0.3) is 10.9 Å². The van der Waals surface area contributed by atoms with Crippen molar-refractivity contribution in [3.63, 3.8) is 0 Å². The molecule has 3 aromatic rings. The topological polar surface area (TPSA) is 79.4 Å². The summed E-state index contributed by atoms with van der Waals surface area (Å²) in [5.41, 5.74) is -0.580. The van der Waals surface area contributed by atoms with Crippen molar-refractivity contribution < 1.29 is 18.3 Å². The summed E-state index contributed by atoms with van der Waals surface area (Å²) in [6.07, 6.45) is 1.52. The summed E-state index contributed by atoms with van der Waals surface area (Å²) in [5, 5.41) is 11.1.